The van der Waals surface area contributed by atoms with Crippen LogP contribution in [-0.4, -0.2) is 40.0 Å². The quantitative estimate of drug-likeness (QED) is 0.738. The van der Waals surface area contributed by atoms with E-state index in [0.717, 1.165) is 10.5 Å². The van der Waals surface area contributed by atoms with Crippen molar-refractivity contribution in [3.63, 3.8) is 0 Å². The van der Waals surface area contributed by atoms with Crippen LogP contribution in [0.2, 0.25) is 0 Å². The standard InChI is InChI=1S/C13H15NO4S/c15-6-5-9(13(17)18)14-12(16)11-7-8-3-1-2-4-10(8)19-11/h1-4,9,11,15H,5-7H2,(H,14,16)(H,17,18)/t9-,11?/m0/s1. The summed E-state index contributed by atoms with van der Waals surface area (Å²) >= 11 is 1.45. The Morgan fingerprint density at radius 1 is 1.42 bits per heavy atom. The molecule has 0 aliphatic carbocycles. The van der Waals surface area contributed by atoms with E-state index in [0.29, 0.717) is 6.42 Å². The summed E-state index contributed by atoms with van der Waals surface area (Å²) in [5.41, 5.74) is 1.11. The number of amides is 1. The number of carbonyl (C=O) groups is 2. The Balaban J connectivity index is 1.97. The smallest absolute Gasteiger partial charge is 0.326 e. The summed E-state index contributed by atoms with van der Waals surface area (Å²) in [6.07, 6.45) is 0.629. The number of thioether (sulfide) groups is 1. The molecule has 1 aliphatic rings. The van der Waals surface area contributed by atoms with Crippen molar-refractivity contribution in [2.24, 2.45) is 0 Å². The summed E-state index contributed by atoms with van der Waals surface area (Å²) < 4.78 is 0. The van der Waals surface area contributed by atoms with E-state index < -0.39 is 12.0 Å². The second-order valence-corrected chi connectivity index (χ2v) is 5.57. The molecule has 1 aromatic rings. The largest absolute Gasteiger partial charge is 0.480 e. The van der Waals surface area contributed by atoms with Gasteiger partial charge in [0.1, 0.15) is 6.04 Å². The van der Waals surface area contributed by atoms with Crippen LogP contribution in [0.3, 0.4) is 0 Å². The van der Waals surface area contributed by atoms with E-state index in [1.165, 1.54) is 11.8 Å². The van der Waals surface area contributed by atoms with E-state index in [-0.39, 0.29) is 24.2 Å². The van der Waals surface area contributed by atoms with Crippen LogP contribution in [0.25, 0.3) is 0 Å². The first kappa shape index (κ1) is 13.9. The number of carbonyl (C=O) groups excluding carboxylic acids is 1. The Labute approximate surface area is 115 Å². The predicted octanol–water partition coefficient (Wildman–Crippen LogP) is 0.655. The molecule has 0 fully saturated rings. The molecule has 6 heteroatoms. The van der Waals surface area contributed by atoms with Crippen molar-refractivity contribution in [1.29, 1.82) is 0 Å². The Kier molecular flexibility index (Phi) is 4.44. The normalized spacial score (nSPS) is 18.7. The van der Waals surface area contributed by atoms with E-state index in [9.17, 15) is 9.59 Å². The van der Waals surface area contributed by atoms with Crippen LogP contribution in [0.5, 0.6) is 0 Å². The van der Waals surface area contributed by atoms with E-state index >= 15 is 0 Å². The third-order valence-electron chi connectivity index (χ3n) is 2.97. The fourth-order valence-corrected chi connectivity index (χ4v) is 3.18. The zero-order chi connectivity index (χ0) is 13.8. The molecule has 1 unspecified atom stereocenters. The van der Waals surface area contributed by atoms with E-state index in [4.69, 9.17) is 10.2 Å². The molecule has 2 rings (SSSR count). The summed E-state index contributed by atoms with van der Waals surface area (Å²) in [6.45, 7) is -0.269. The molecule has 102 valence electrons. The third kappa shape index (κ3) is 3.27. The molecule has 1 heterocycles. The average molecular weight is 281 g/mol. The van der Waals surface area contributed by atoms with Crippen molar-refractivity contribution >= 4 is 23.6 Å². The topological polar surface area (TPSA) is 86.6 Å². The number of benzene rings is 1. The highest BCUT2D eigenvalue weighted by Gasteiger charge is 2.30. The number of aliphatic carboxylic acids is 1. The number of aliphatic hydroxyl groups excluding tert-OH is 1. The van der Waals surface area contributed by atoms with Gasteiger partial charge in [0.15, 0.2) is 0 Å². The Morgan fingerprint density at radius 3 is 2.79 bits per heavy atom. The monoisotopic (exact) mass is 281 g/mol. The zero-order valence-electron chi connectivity index (χ0n) is 10.2. The second kappa shape index (κ2) is 6.08. The fraction of sp³-hybridized carbons (Fsp3) is 0.385. The van der Waals surface area contributed by atoms with Gasteiger partial charge in [0.05, 0.1) is 5.25 Å². The lowest BCUT2D eigenvalue weighted by atomic mass is 10.1. The minimum absolute atomic E-state index is 0.0193. The van der Waals surface area contributed by atoms with E-state index in [1.807, 2.05) is 24.3 Å². The number of carboxylic acids is 1. The summed E-state index contributed by atoms with van der Waals surface area (Å²) in [5.74, 6) is -1.41. The summed E-state index contributed by atoms with van der Waals surface area (Å²) in [6, 6.07) is 6.73. The molecule has 0 aromatic heterocycles. The summed E-state index contributed by atoms with van der Waals surface area (Å²) in [7, 11) is 0. The molecule has 0 bridgehead atoms. The first-order chi connectivity index (χ1) is 9.11. The highest BCUT2D eigenvalue weighted by molar-refractivity contribution is 8.01. The van der Waals surface area contributed by atoms with Gasteiger partial charge in [-0.2, -0.15) is 0 Å². The maximum absolute atomic E-state index is 12.0. The van der Waals surface area contributed by atoms with Crippen LogP contribution >= 0.6 is 11.8 Å². The lowest BCUT2D eigenvalue weighted by Gasteiger charge is -2.15. The Bertz CT molecular complexity index is 466. The van der Waals surface area contributed by atoms with Crippen LogP contribution in [0.15, 0.2) is 29.2 Å². The number of hydrogen-bond donors (Lipinski definition) is 3. The Morgan fingerprint density at radius 2 is 2.16 bits per heavy atom. The molecule has 0 radical (unpaired) electrons. The van der Waals surface area contributed by atoms with Gasteiger partial charge in [-0.1, -0.05) is 18.2 Å². The van der Waals surface area contributed by atoms with Gasteiger partial charge < -0.3 is 15.5 Å². The van der Waals surface area contributed by atoms with E-state index in [1.54, 1.807) is 0 Å². The van der Waals surface area contributed by atoms with Crippen LogP contribution in [0, 0.1) is 0 Å². The second-order valence-electron chi connectivity index (χ2n) is 4.33. The Hall–Kier alpha value is -1.53. The fourth-order valence-electron chi connectivity index (χ4n) is 1.98. The molecule has 1 aromatic carbocycles. The molecule has 19 heavy (non-hydrogen) atoms. The minimum Gasteiger partial charge on any atom is -0.480 e. The molecule has 5 nitrogen and oxygen atoms in total. The molecular formula is C13H15NO4S. The SMILES string of the molecule is O=C(N[C@@H](CCO)C(=O)O)C1Cc2ccccc2S1. The third-order valence-corrected chi connectivity index (χ3v) is 4.29. The molecule has 0 spiro atoms. The highest BCUT2D eigenvalue weighted by atomic mass is 32.2. The maximum atomic E-state index is 12.0. The molecular weight excluding hydrogens is 266 g/mol. The summed E-state index contributed by atoms with van der Waals surface area (Å²) in [5, 5.41) is 19.9. The average Bonchev–Trinajstić information content (AvgIpc) is 2.81. The van der Waals surface area contributed by atoms with Crippen molar-refractivity contribution in [3.8, 4) is 0 Å². The number of carboxylic acid groups (broad SMARTS) is 1. The van der Waals surface area contributed by atoms with Gasteiger partial charge in [-0.25, -0.2) is 4.79 Å². The maximum Gasteiger partial charge on any atom is 0.326 e. The van der Waals surface area contributed by atoms with Crippen LogP contribution < -0.4 is 5.32 Å². The van der Waals surface area contributed by atoms with Crippen molar-refractivity contribution in [1.82, 2.24) is 5.32 Å². The van der Waals surface area contributed by atoms with E-state index in [2.05, 4.69) is 5.32 Å². The first-order valence-corrected chi connectivity index (χ1v) is 6.88. The number of fused-ring (bicyclic) bond motifs is 1. The van der Waals surface area contributed by atoms with Gasteiger partial charge in [0, 0.05) is 17.9 Å². The van der Waals surface area contributed by atoms with Crippen LogP contribution in [0.1, 0.15) is 12.0 Å². The first-order valence-electron chi connectivity index (χ1n) is 6.00. The number of aliphatic hydroxyl groups is 1. The number of hydrogen-bond acceptors (Lipinski definition) is 4. The highest BCUT2D eigenvalue weighted by Crippen LogP contribution is 2.36. The minimum atomic E-state index is -1.12. The lowest BCUT2D eigenvalue weighted by Crippen LogP contribution is -2.45. The van der Waals surface area contributed by atoms with Gasteiger partial charge >= 0.3 is 5.97 Å². The van der Waals surface area contributed by atoms with Crippen molar-refractivity contribution in [2.45, 2.75) is 29.0 Å². The van der Waals surface area contributed by atoms with Gasteiger partial charge in [-0.15, -0.1) is 11.8 Å². The lowest BCUT2D eigenvalue weighted by molar-refractivity contribution is -0.142. The van der Waals surface area contributed by atoms with Gasteiger partial charge in [0.25, 0.3) is 0 Å². The van der Waals surface area contributed by atoms with Gasteiger partial charge in [-0.3, -0.25) is 4.79 Å². The molecule has 0 saturated carbocycles. The zero-order valence-corrected chi connectivity index (χ0v) is 11.0. The molecule has 1 amide bonds. The number of nitrogens with one attached hydrogen (secondary N) is 1. The van der Waals surface area contributed by atoms with Crippen molar-refractivity contribution in [3.05, 3.63) is 29.8 Å². The molecule has 3 N–H and O–H groups in total. The van der Waals surface area contributed by atoms with Gasteiger partial charge in [0.2, 0.25) is 5.91 Å². The van der Waals surface area contributed by atoms with Crippen molar-refractivity contribution in [2.75, 3.05) is 6.61 Å². The molecule has 0 saturated heterocycles. The van der Waals surface area contributed by atoms with Crippen LogP contribution in [-0.2, 0) is 16.0 Å². The predicted molar refractivity (Wildman–Crippen MR) is 71.1 cm³/mol. The molecule has 2 atom stereocenters. The van der Waals surface area contributed by atoms with Crippen molar-refractivity contribution < 1.29 is 19.8 Å². The molecule has 1 aliphatic heterocycles. The number of rotatable bonds is 5. The summed E-state index contributed by atoms with van der Waals surface area (Å²) in [4.78, 5) is 24.0. The van der Waals surface area contributed by atoms with Crippen LogP contribution in [0.4, 0.5) is 0 Å². The van der Waals surface area contributed by atoms with Gasteiger partial charge in [-0.05, 0) is 18.1 Å².